The summed E-state index contributed by atoms with van der Waals surface area (Å²) in [4.78, 5) is 11.9. The van der Waals surface area contributed by atoms with Crippen molar-refractivity contribution in [1.82, 2.24) is 9.97 Å². The number of isothiocyanates is 1. The Morgan fingerprint density at radius 3 is 2.91 bits per heavy atom. The maximum atomic E-state index is 4.41. The Labute approximate surface area is 70.2 Å². The van der Waals surface area contributed by atoms with Gasteiger partial charge < -0.3 is 0 Å². The van der Waals surface area contributed by atoms with Crippen LogP contribution in [0.1, 0.15) is 11.4 Å². The van der Waals surface area contributed by atoms with Gasteiger partial charge >= 0.3 is 0 Å². The van der Waals surface area contributed by atoms with Gasteiger partial charge in [-0.1, -0.05) is 0 Å². The van der Waals surface area contributed by atoms with E-state index in [1.54, 1.807) is 12.4 Å². The maximum Gasteiger partial charge on any atom is 0.0930 e. The summed E-state index contributed by atoms with van der Waals surface area (Å²) in [5.74, 6) is 0. The highest BCUT2D eigenvalue weighted by molar-refractivity contribution is 7.78. The molecular weight excluding hydrogens is 158 g/mol. The number of thiocarbonyl (C=S) groups is 1. The van der Waals surface area contributed by atoms with E-state index in [0.717, 1.165) is 11.4 Å². The summed E-state index contributed by atoms with van der Waals surface area (Å²) >= 11 is 4.41. The summed E-state index contributed by atoms with van der Waals surface area (Å²) in [7, 11) is 0. The second-order valence-electron chi connectivity index (χ2n) is 2.06. The van der Waals surface area contributed by atoms with Crippen LogP contribution in [-0.2, 0) is 6.54 Å². The molecule has 0 saturated carbocycles. The molecule has 0 aliphatic rings. The second kappa shape index (κ2) is 3.91. The molecule has 0 radical (unpaired) electrons. The summed E-state index contributed by atoms with van der Waals surface area (Å²) < 4.78 is 0. The molecule has 11 heavy (non-hydrogen) atoms. The minimum absolute atomic E-state index is 0.469. The van der Waals surface area contributed by atoms with Crippen LogP contribution < -0.4 is 0 Å². The Bertz CT molecular complexity index is 274. The molecule has 0 aliphatic carbocycles. The standard InChI is InChI=1S/C7H7N3S/c1-6-2-10-7(4-9-6)3-8-5-11/h2,4H,3H2,1H3. The van der Waals surface area contributed by atoms with Crippen LogP contribution in [0.3, 0.4) is 0 Å². The topological polar surface area (TPSA) is 38.1 Å². The second-order valence-corrected chi connectivity index (χ2v) is 2.24. The van der Waals surface area contributed by atoms with Crippen molar-refractivity contribution in [3.05, 3.63) is 23.8 Å². The first kappa shape index (κ1) is 7.98. The van der Waals surface area contributed by atoms with Crippen molar-refractivity contribution in [2.75, 3.05) is 0 Å². The molecule has 0 atom stereocenters. The van der Waals surface area contributed by atoms with Crippen molar-refractivity contribution in [1.29, 1.82) is 0 Å². The van der Waals surface area contributed by atoms with E-state index in [9.17, 15) is 0 Å². The molecule has 1 rings (SSSR count). The molecule has 0 fully saturated rings. The molecule has 0 unspecified atom stereocenters. The lowest BCUT2D eigenvalue weighted by Crippen LogP contribution is -1.90. The fourth-order valence-corrected chi connectivity index (χ4v) is 0.679. The number of aromatic nitrogens is 2. The molecule has 3 nitrogen and oxygen atoms in total. The van der Waals surface area contributed by atoms with Crippen LogP contribution in [0.15, 0.2) is 17.4 Å². The first-order valence-corrected chi connectivity index (χ1v) is 3.55. The van der Waals surface area contributed by atoms with Crippen LogP contribution in [-0.4, -0.2) is 15.1 Å². The van der Waals surface area contributed by atoms with Crippen molar-refractivity contribution >= 4 is 17.4 Å². The van der Waals surface area contributed by atoms with Gasteiger partial charge in [-0.3, -0.25) is 9.97 Å². The van der Waals surface area contributed by atoms with E-state index in [4.69, 9.17) is 0 Å². The molecule has 0 aromatic carbocycles. The third-order valence-electron chi connectivity index (χ3n) is 1.14. The van der Waals surface area contributed by atoms with Gasteiger partial charge in [0.05, 0.1) is 29.3 Å². The molecule has 0 aliphatic heterocycles. The van der Waals surface area contributed by atoms with Gasteiger partial charge in [-0.25, -0.2) is 4.99 Å². The number of rotatable bonds is 2. The predicted molar refractivity (Wildman–Crippen MR) is 45.5 cm³/mol. The third kappa shape index (κ3) is 2.53. The van der Waals surface area contributed by atoms with Gasteiger partial charge in [-0.2, -0.15) is 0 Å². The predicted octanol–water partition coefficient (Wildman–Crippen LogP) is 1.39. The quantitative estimate of drug-likeness (QED) is 0.491. The van der Waals surface area contributed by atoms with E-state index in [-0.39, 0.29) is 0 Å². The summed E-state index contributed by atoms with van der Waals surface area (Å²) in [5, 5.41) is 2.27. The van der Waals surface area contributed by atoms with Crippen LogP contribution in [0.4, 0.5) is 0 Å². The number of hydrogen-bond donors (Lipinski definition) is 0. The van der Waals surface area contributed by atoms with Crippen molar-refractivity contribution in [3.63, 3.8) is 0 Å². The van der Waals surface area contributed by atoms with Crippen LogP contribution in [0, 0.1) is 6.92 Å². The fourth-order valence-electron chi connectivity index (χ4n) is 0.614. The molecule has 0 saturated heterocycles. The average molecular weight is 165 g/mol. The minimum Gasteiger partial charge on any atom is -0.258 e. The molecular formula is C7H7N3S. The summed E-state index contributed by atoms with van der Waals surface area (Å²) in [6.07, 6.45) is 3.39. The third-order valence-corrected chi connectivity index (χ3v) is 1.27. The van der Waals surface area contributed by atoms with Crippen LogP contribution in [0.5, 0.6) is 0 Å². The van der Waals surface area contributed by atoms with Gasteiger partial charge in [0.25, 0.3) is 0 Å². The fraction of sp³-hybridized carbons (Fsp3) is 0.286. The largest absolute Gasteiger partial charge is 0.258 e. The van der Waals surface area contributed by atoms with Gasteiger partial charge in [0, 0.05) is 6.20 Å². The van der Waals surface area contributed by atoms with Crippen molar-refractivity contribution in [3.8, 4) is 0 Å². The normalized spacial score (nSPS) is 8.82. The van der Waals surface area contributed by atoms with Crippen molar-refractivity contribution < 1.29 is 0 Å². The van der Waals surface area contributed by atoms with Gasteiger partial charge in [0.1, 0.15) is 0 Å². The smallest absolute Gasteiger partial charge is 0.0930 e. The van der Waals surface area contributed by atoms with Crippen LogP contribution >= 0.6 is 12.2 Å². The Morgan fingerprint density at radius 1 is 1.55 bits per heavy atom. The molecule has 0 bridgehead atoms. The molecule has 0 amide bonds. The molecule has 4 heteroatoms. The molecule has 56 valence electrons. The highest BCUT2D eigenvalue weighted by atomic mass is 32.1. The number of aryl methyl sites for hydroxylation is 1. The minimum atomic E-state index is 0.469. The Hall–Kier alpha value is -1.12. The van der Waals surface area contributed by atoms with Gasteiger partial charge in [-0.05, 0) is 19.1 Å². The SMILES string of the molecule is Cc1cnc(CN=C=S)cn1. The molecule has 0 N–H and O–H groups in total. The van der Waals surface area contributed by atoms with Crippen LogP contribution in [0.25, 0.3) is 0 Å². The zero-order chi connectivity index (χ0) is 8.10. The Balaban J connectivity index is 2.73. The number of nitrogens with zero attached hydrogens (tertiary/aromatic N) is 3. The van der Waals surface area contributed by atoms with Gasteiger partial charge in [0.2, 0.25) is 0 Å². The summed E-state index contributed by atoms with van der Waals surface area (Å²) in [6.45, 7) is 2.36. The molecule has 1 aromatic rings. The van der Waals surface area contributed by atoms with E-state index < -0.39 is 0 Å². The lowest BCUT2D eigenvalue weighted by molar-refractivity contribution is 0.953. The zero-order valence-electron chi connectivity index (χ0n) is 6.11. The van der Waals surface area contributed by atoms with Crippen LogP contribution in [0.2, 0.25) is 0 Å². The first-order valence-electron chi connectivity index (χ1n) is 3.14. The highest BCUT2D eigenvalue weighted by Crippen LogP contribution is 1.94. The van der Waals surface area contributed by atoms with Gasteiger partial charge in [-0.15, -0.1) is 0 Å². The molecule has 1 aromatic heterocycles. The molecule has 1 heterocycles. The lowest BCUT2D eigenvalue weighted by Gasteiger charge is -1.93. The van der Waals surface area contributed by atoms with Gasteiger partial charge in [0.15, 0.2) is 0 Å². The Morgan fingerprint density at radius 2 is 2.36 bits per heavy atom. The number of hydrogen-bond acceptors (Lipinski definition) is 4. The van der Waals surface area contributed by atoms with E-state index in [1.165, 1.54) is 0 Å². The van der Waals surface area contributed by atoms with Crippen molar-refractivity contribution in [2.24, 2.45) is 4.99 Å². The first-order chi connectivity index (χ1) is 5.33. The van der Waals surface area contributed by atoms with E-state index >= 15 is 0 Å². The maximum absolute atomic E-state index is 4.41. The summed E-state index contributed by atoms with van der Waals surface area (Å²) in [5.41, 5.74) is 1.72. The Kier molecular flexibility index (Phi) is 2.83. The molecule has 0 spiro atoms. The van der Waals surface area contributed by atoms with Crippen molar-refractivity contribution in [2.45, 2.75) is 13.5 Å². The van der Waals surface area contributed by atoms with E-state index in [0.29, 0.717) is 6.54 Å². The summed E-state index contributed by atoms with van der Waals surface area (Å²) in [6, 6.07) is 0. The average Bonchev–Trinajstić information content (AvgIpc) is 2.04. The monoisotopic (exact) mass is 165 g/mol. The number of aliphatic imine (C=N–C) groups is 1. The van der Waals surface area contributed by atoms with E-state index in [2.05, 4.69) is 32.3 Å². The highest BCUT2D eigenvalue weighted by Gasteiger charge is 1.90. The zero-order valence-corrected chi connectivity index (χ0v) is 6.93. The lowest BCUT2D eigenvalue weighted by atomic mass is 10.4. The van der Waals surface area contributed by atoms with E-state index in [1.807, 2.05) is 6.92 Å².